The lowest BCUT2D eigenvalue weighted by atomic mass is 9.98. The van der Waals surface area contributed by atoms with Crippen LogP contribution in [0.3, 0.4) is 0 Å². The Morgan fingerprint density at radius 3 is 2.83 bits per heavy atom. The SMILES string of the molecule is Cc1cc(-c2cccc(COC3CCOC3)c2)cc(Cl)c1C(=O)O. The monoisotopic (exact) mass is 346 g/mol. The van der Waals surface area contributed by atoms with E-state index in [4.69, 9.17) is 21.1 Å². The van der Waals surface area contributed by atoms with Crippen molar-refractivity contribution >= 4 is 17.6 Å². The second kappa shape index (κ2) is 7.34. The number of hydrogen-bond donors (Lipinski definition) is 1. The van der Waals surface area contributed by atoms with E-state index in [-0.39, 0.29) is 16.7 Å². The van der Waals surface area contributed by atoms with Crippen molar-refractivity contribution in [2.24, 2.45) is 0 Å². The first-order valence-corrected chi connectivity index (χ1v) is 8.24. The van der Waals surface area contributed by atoms with Crippen molar-refractivity contribution in [1.82, 2.24) is 0 Å². The fraction of sp³-hybridized carbons (Fsp3) is 0.316. The Balaban J connectivity index is 1.81. The molecule has 24 heavy (non-hydrogen) atoms. The number of benzene rings is 2. The molecular weight excluding hydrogens is 328 g/mol. The first-order valence-electron chi connectivity index (χ1n) is 7.86. The average molecular weight is 347 g/mol. The van der Waals surface area contributed by atoms with E-state index >= 15 is 0 Å². The van der Waals surface area contributed by atoms with Gasteiger partial charge in [0.15, 0.2) is 0 Å². The van der Waals surface area contributed by atoms with Gasteiger partial charge in [-0.05, 0) is 47.7 Å². The number of hydrogen-bond acceptors (Lipinski definition) is 3. The maximum Gasteiger partial charge on any atom is 0.337 e. The largest absolute Gasteiger partial charge is 0.478 e. The summed E-state index contributed by atoms with van der Waals surface area (Å²) in [5.41, 5.74) is 3.75. The van der Waals surface area contributed by atoms with Crippen molar-refractivity contribution in [2.45, 2.75) is 26.1 Å². The fourth-order valence-electron chi connectivity index (χ4n) is 2.88. The van der Waals surface area contributed by atoms with E-state index in [0.29, 0.717) is 18.8 Å². The molecule has 5 heteroatoms. The van der Waals surface area contributed by atoms with Crippen molar-refractivity contribution < 1.29 is 19.4 Å². The first kappa shape index (κ1) is 17.0. The van der Waals surface area contributed by atoms with Crippen molar-refractivity contribution in [3.63, 3.8) is 0 Å². The van der Waals surface area contributed by atoms with Crippen molar-refractivity contribution in [1.29, 1.82) is 0 Å². The minimum atomic E-state index is -1.01. The molecule has 0 bridgehead atoms. The highest BCUT2D eigenvalue weighted by atomic mass is 35.5. The molecule has 1 fully saturated rings. The van der Waals surface area contributed by atoms with Gasteiger partial charge in [-0.1, -0.05) is 35.9 Å². The molecule has 0 radical (unpaired) electrons. The summed E-state index contributed by atoms with van der Waals surface area (Å²) in [5.74, 6) is -1.01. The molecule has 2 aromatic carbocycles. The molecule has 0 saturated carbocycles. The van der Waals surface area contributed by atoms with E-state index in [0.717, 1.165) is 29.7 Å². The highest BCUT2D eigenvalue weighted by molar-refractivity contribution is 6.34. The molecule has 0 spiro atoms. The van der Waals surface area contributed by atoms with Crippen molar-refractivity contribution in [3.05, 3.63) is 58.1 Å². The lowest BCUT2D eigenvalue weighted by Crippen LogP contribution is -2.11. The summed E-state index contributed by atoms with van der Waals surface area (Å²) in [6.07, 6.45) is 1.10. The Bertz CT molecular complexity index is 728. The van der Waals surface area contributed by atoms with Crippen LogP contribution in [0.25, 0.3) is 11.1 Å². The maximum absolute atomic E-state index is 11.2. The normalized spacial score (nSPS) is 17.2. The molecule has 1 saturated heterocycles. The van der Waals surface area contributed by atoms with E-state index in [1.165, 1.54) is 0 Å². The molecular formula is C19H19ClO4. The smallest absolute Gasteiger partial charge is 0.337 e. The summed E-state index contributed by atoms with van der Waals surface area (Å²) in [5, 5.41) is 9.47. The summed E-state index contributed by atoms with van der Waals surface area (Å²) < 4.78 is 11.2. The number of ether oxygens (including phenoxy) is 2. The van der Waals surface area contributed by atoms with Gasteiger partial charge < -0.3 is 14.6 Å². The topological polar surface area (TPSA) is 55.8 Å². The Morgan fingerprint density at radius 2 is 2.17 bits per heavy atom. The number of halogens is 1. The Labute approximate surface area is 146 Å². The van der Waals surface area contributed by atoms with E-state index < -0.39 is 5.97 Å². The van der Waals surface area contributed by atoms with Crippen LogP contribution >= 0.6 is 11.6 Å². The van der Waals surface area contributed by atoms with Gasteiger partial charge in [0, 0.05) is 6.61 Å². The van der Waals surface area contributed by atoms with Crippen LogP contribution in [-0.4, -0.2) is 30.4 Å². The van der Waals surface area contributed by atoms with Crippen LogP contribution in [0.15, 0.2) is 36.4 Å². The second-order valence-corrected chi connectivity index (χ2v) is 6.36. The molecule has 1 N–H and O–H groups in total. The Morgan fingerprint density at radius 1 is 1.33 bits per heavy atom. The number of aryl methyl sites for hydroxylation is 1. The Hall–Kier alpha value is -1.88. The summed E-state index contributed by atoms with van der Waals surface area (Å²) in [6, 6.07) is 11.5. The zero-order chi connectivity index (χ0) is 17.1. The number of aromatic carboxylic acids is 1. The van der Waals surface area contributed by atoms with Crippen LogP contribution in [0.1, 0.15) is 27.9 Å². The van der Waals surface area contributed by atoms with Gasteiger partial charge in [0.25, 0.3) is 0 Å². The van der Waals surface area contributed by atoms with Gasteiger partial charge in [-0.25, -0.2) is 4.79 Å². The molecule has 4 nitrogen and oxygen atoms in total. The van der Waals surface area contributed by atoms with E-state index in [1.807, 2.05) is 30.3 Å². The number of carboxylic acids is 1. The molecule has 1 aliphatic rings. The van der Waals surface area contributed by atoms with E-state index in [2.05, 4.69) is 0 Å². The van der Waals surface area contributed by atoms with Gasteiger partial charge in [0.2, 0.25) is 0 Å². The second-order valence-electron chi connectivity index (χ2n) is 5.95. The first-order chi connectivity index (χ1) is 11.5. The third kappa shape index (κ3) is 3.78. The number of rotatable bonds is 5. The number of carboxylic acid groups (broad SMARTS) is 1. The molecule has 1 unspecified atom stereocenters. The summed E-state index contributed by atoms with van der Waals surface area (Å²) >= 11 is 6.15. The van der Waals surface area contributed by atoms with Gasteiger partial charge in [-0.15, -0.1) is 0 Å². The van der Waals surface area contributed by atoms with Gasteiger partial charge in [-0.3, -0.25) is 0 Å². The lowest BCUT2D eigenvalue weighted by Gasteiger charge is -2.12. The fourth-order valence-corrected chi connectivity index (χ4v) is 3.23. The minimum absolute atomic E-state index is 0.154. The van der Waals surface area contributed by atoms with E-state index in [9.17, 15) is 9.90 Å². The minimum Gasteiger partial charge on any atom is -0.478 e. The van der Waals surface area contributed by atoms with Crippen LogP contribution in [0.4, 0.5) is 0 Å². The third-order valence-corrected chi connectivity index (χ3v) is 4.43. The predicted molar refractivity (Wildman–Crippen MR) is 92.6 cm³/mol. The summed E-state index contributed by atoms with van der Waals surface area (Å²) in [4.78, 5) is 11.2. The Kier molecular flexibility index (Phi) is 5.19. The summed E-state index contributed by atoms with van der Waals surface area (Å²) in [6.45, 7) is 3.71. The molecule has 1 aliphatic heterocycles. The quantitative estimate of drug-likeness (QED) is 0.876. The molecule has 1 atom stereocenters. The maximum atomic E-state index is 11.2. The molecule has 3 rings (SSSR count). The standard InChI is InChI=1S/C19H19ClO4/c1-12-7-15(9-17(20)18(12)19(21)22)14-4-2-3-13(8-14)10-24-16-5-6-23-11-16/h2-4,7-9,16H,5-6,10-11H2,1H3,(H,21,22). The molecule has 2 aromatic rings. The van der Waals surface area contributed by atoms with Crippen LogP contribution in [0.2, 0.25) is 5.02 Å². The third-order valence-electron chi connectivity index (χ3n) is 4.14. The van der Waals surface area contributed by atoms with Crippen LogP contribution < -0.4 is 0 Å². The van der Waals surface area contributed by atoms with Crippen molar-refractivity contribution in [3.8, 4) is 11.1 Å². The van der Waals surface area contributed by atoms with Crippen LogP contribution in [0, 0.1) is 6.92 Å². The highest BCUT2D eigenvalue weighted by Gasteiger charge is 2.16. The van der Waals surface area contributed by atoms with Crippen molar-refractivity contribution in [2.75, 3.05) is 13.2 Å². The molecule has 0 aromatic heterocycles. The van der Waals surface area contributed by atoms with E-state index in [1.54, 1.807) is 13.0 Å². The lowest BCUT2D eigenvalue weighted by molar-refractivity contribution is 0.0318. The highest BCUT2D eigenvalue weighted by Crippen LogP contribution is 2.29. The predicted octanol–water partition coefficient (Wildman–Crippen LogP) is 4.32. The van der Waals surface area contributed by atoms with Crippen LogP contribution in [-0.2, 0) is 16.1 Å². The molecule has 0 aliphatic carbocycles. The average Bonchev–Trinajstić information content (AvgIpc) is 3.05. The number of carbonyl (C=O) groups is 1. The van der Waals surface area contributed by atoms with Gasteiger partial charge in [0.1, 0.15) is 0 Å². The summed E-state index contributed by atoms with van der Waals surface area (Å²) in [7, 11) is 0. The van der Waals surface area contributed by atoms with Gasteiger partial charge >= 0.3 is 5.97 Å². The zero-order valence-electron chi connectivity index (χ0n) is 13.4. The molecule has 1 heterocycles. The zero-order valence-corrected chi connectivity index (χ0v) is 14.2. The van der Waals surface area contributed by atoms with Gasteiger partial charge in [-0.2, -0.15) is 0 Å². The van der Waals surface area contributed by atoms with Crippen LogP contribution in [0.5, 0.6) is 0 Å². The van der Waals surface area contributed by atoms with Gasteiger partial charge in [0.05, 0.1) is 29.9 Å². The molecule has 126 valence electrons. The molecule has 0 amide bonds.